The van der Waals surface area contributed by atoms with Gasteiger partial charge in [-0.3, -0.25) is 4.79 Å². The number of nitrogens with zero attached hydrogens (tertiary/aromatic N) is 7. The largest absolute Gasteiger partial charge is 0.483 e. The van der Waals surface area contributed by atoms with Crippen molar-refractivity contribution in [2.45, 2.75) is 32.4 Å². The summed E-state index contributed by atoms with van der Waals surface area (Å²) in [7, 11) is 0. The molecule has 2 saturated heterocycles. The summed E-state index contributed by atoms with van der Waals surface area (Å²) in [5.74, 6) is -2.10. The van der Waals surface area contributed by atoms with Crippen LogP contribution in [0.5, 0.6) is 5.75 Å². The van der Waals surface area contributed by atoms with Crippen molar-refractivity contribution in [2.75, 3.05) is 39.4 Å². The highest BCUT2D eigenvalue weighted by atomic mass is 19.1. The number of hydrazone groups is 1. The van der Waals surface area contributed by atoms with Crippen LogP contribution in [0.2, 0.25) is 0 Å². The Balaban J connectivity index is 1.12. The average Bonchev–Trinajstić information content (AvgIpc) is 3.55. The average molecular weight is 584 g/mol. The van der Waals surface area contributed by atoms with Crippen LogP contribution in [0, 0.1) is 31.3 Å². The summed E-state index contributed by atoms with van der Waals surface area (Å²) in [6.07, 6.45) is 2.36. The van der Waals surface area contributed by atoms with E-state index in [-0.39, 0.29) is 30.6 Å². The van der Waals surface area contributed by atoms with E-state index < -0.39 is 35.6 Å². The molecule has 5 heterocycles. The second kappa shape index (κ2) is 11.1. The molecule has 0 saturated carbocycles. The van der Waals surface area contributed by atoms with Crippen molar-refractivity contribution in [3.8, 4) is 11.6 Å². The van der Waals surface area contributed by atoms with E-state index in [9.17, 15) is 22.8 Å². The molecular weight excluding hydrogens is 555 g/mol. The number of likely N-dealkylation sites (tertiary alicyclic amines) is 1. The van der Waals surface area contributed by atoms with Crippen molar-refractivity contribution in [1.29, 1.82) is 0 Å². The third-order valence-electron chi connectivity index (χ3n) is 7.53. The number of morpholine rings is 1. The Morgan fingerprint density at radius 3 is 2.43 bits per heavy atom. The molecule has 3 amide bonds. The summed E-state index contributed by atoms with van der Waals surface area (Å²) < 4.78 is 54.9. The molecule has 0 unspecified atom stereocenters. The minimum atomic E-state index is -0.735. The van der Waals surface area contributed by atoms with Crippen LogP contribution in [0.3, 0.4) is 0 Å². The van der Waals surface area contributed by atoms with Crippen LogP contribution >= 0.6 is 0 Å². The lowest BCUT2D eigenvalue weighted by Crippen LogP contribution is -2.58. The topological polar surface area (TPSA) is 105 Å². The zero-order valence-corrected chi connectivity index (χ0v) is 23.0. The van der Waals surface area contributed by atoms with E-state index in [2.05, 4.69) is 15.2 Å². The number of hydrogen-bond donors (Lipinski definition) is 0. The summed E-state index contributed by atoms with van der Waals surface area (Å²) in [6, 6.07) is 3.45. The van der Waals surface area contributed by atoms with Gasteiger partial charge >= 0.3 is 6.03 Å². The molecule has 0 bridgehead atoms. The second-order valence-corrected chi connectivity index (χ2v) is 10.4. The first kappa shape index (κ1) is 27.7. The van der Waals surface area contributed by atoms with Gasteiger partial charge in [0.15, 0.2) is 17.4 Å². The van der Waals surface area contributed by atoms with Gasteiger partial charge in [0, 0.05) is 37.9 Å². The summed E-state index contributed by atoms with van der Waals surface area (Å²) in [4.78, 5) is 33.6. The van der Waals surface area contributed by atoms with Gasteiger partial charge < -0.3 is 19.3 Å². The number of aromatic nitrogens is 3. The van der Waals surface area contributed by atoms with Crippen LogP contribution in [0.15, 0.2) is 35.6 Å². The number of halogens is 3. The molecule has 3 aromatic rings. The van der Waals surface area contributed by atoms with E-state index in [1.807, 2.05) is 0 Å². The first-order valence-electron chi connectivity index (χ1n) is 13.5. The number of benzene rings is 1. The molecule has 0 spiro atoms. The quantitative estimate of drug-likeness (QED) is 0.456. The molecule has 3 aliphatic rings. The molecule has 11 nitrogen and oxygen atoms in total. The summed E-state index contributed by atoms with van der Waals surface area (Å²) in [5, 5.41) is 9.77. The van der Waals surface area contributed by atoms with Crippen molar-refractivity contribution in [2.24, 2.45) is 5.10 Å². The summed E-state index contributed by atoms with van der Waals surface area (Å²) in [5.41, 5.74) is 1.85. The Morgan fingerprint density at radius 1 is 1.00 bits per heavy atom. The van der Waals surface area contributed by atoms with E-state index in [0.29, 0.717) is 55.2 Å². The number of ether oxygens (including phenoxy) is 2. The first-order valence-corrected chi connectivity index (χ1v) is 13.5. The standard InChI is InChI=1S/C28H28F3N7O4/c1-16-26(27(39)35-5-7-41-8-6-35)17(2)37(34-16)25-12-24(22(31)13-32-25)42-21-14-36(15-21)28(40)38-23(3-4-33-38)18-9-19(29)11-20(30)10-18/h4,9-13,21,23H,3,5-8,14-15H2,1-2H3/t23-/m0/s1. The van der Waals surface area contributed by atoms with Gasteiger partial charge in [0.05, 0.1) is 55.5 Å². The lowest BCUT2D eigenvalue weighted by molar-refractivity contribution is 0.0256. The van der Waals surface area contributed by atoms with Gasteiger partial charge in [0.1, 0.15) is 17.7 Å². The Kier molecular flexibility index (Phi) is 7.31. The molecular formula is C28H28F3N7O4. The van der Waals surface area contributed by atoms with Crippen LogP contribution in [-0.4, -0.2) is 93.2 Å². The van der Waals surface area contributed by atoms with Gasteiger partial charge in [-0.15, -0.1) is 0 Å². The van der Waals surface area contributed by atoms with E-state index in [0.717, 1.165) is 12.3 Å². The van der Waals surface area contributed by atoms with Crippen molar-refractivity contribution in [3.63, 3.8) is 0 Å². The molecule has 6 rings (SSSR count). The van der Waals surface area contributed by atoms with E-state index in [1.165, 1.54) is 39.0 Å². The second-order valence-electron chi connectivity index (χ2n) is 10.4. The third kappa shape index (κ3) is 5.17. The first-order chi connectivity index (χ1) is 20.2. The molecule has 2 aromatic heterocycles. The Hall–Kier alpha value is -4.46. The zero-order chi connectivity index (χ0) is 29.5. The zero-order valence-electron chi connectivity index (χ0n) is 23.0. The highest BCUT2D eigenvalue weighted by Gasteiger charge is 2.39. The predicted octanol–water partition coefficient (Wildman–Crippen LogP) is 3.39. The Labute approximate surface area is 239 Å². The SMILES string of the molecule is Cc1nn(-c2cc(OC3CN(C(=O)N4N=CC[C@H]4c4cc(F)cc(F)c4)C3)c(F)cn2)c(C)c1C(=O)N1CCOCC1. The number of hydrogen-bond acceptors (Lipinski definition) is 7. The van der Waals surface area contributed by atoms with Crippen molar-refractivity contribution < 1.29 is 32.2 Å². The lowest BCUT2D eigenvalue weighted by Gasteiger charge is -2.41. The van der Waals surface area contributed by atoms with Gasteiger partial charge in [0.2, 0.25) is 0 Å². The fourth-order valence-electron chi connectivity index (χ4n) is 5.35. The number of carbonyl (C=O) groups excluding carboxylic acids is 2. The highest BCUT2D eigenvalue weighted by molar-refractivity contribution is 5.96. The minimum absolute atomic E-state index is 0.0713. The molecule has 0 aliphatic carbocycles. The smallest absolute Gasteiger partial charge is 0.341 e. The normalized spacial score (nSPS) is 18.9. The number of aryl methyl sites for hydroxylation is 1. The van der Waals surface area contributed by atoms with Crippen LogP contribution < -0.4 is 4.74 Å². The molecule has 42 heavy (non-hydrogen) atoms. The van der Waals surface area contributed by atoms with Crippen LogP contribution in [-0.2, 0) is 4.74 Å². The van der Waals surface area contributed by atoms with Crippen molar-refractivity contribution in [3.05, 3.63) is 70.4 Å². The van der Waals surface area contributed by atoms with Crippen LogP contribution in [0.4, 0.5) is 18.0 Å². The molecule has 0 N–H and O–H groups in total. The van der Waals surface area contributed by atoms with Gasteiger partial charge in [-0.05, 0) is 31.5 Å². The van der Waals surface area contributed by atoms with Gasteiger partial charge in [-0.1, -0.05) is 0 Å². The molecule has 3 aliphatic heterocycles. The predicted molar refractivity (Wildman–Crippen MR) is 143 cm³/mol. The van der Waals surface area contributed by atoms with Crippen LogP contribution in [0.25, 0.3) is 5.82 Å². The maximum atomic E-state index is 14.7. The molecule has 0 radical (unpaired) electrons. The number of carbonyl (C=O) groups is 2. The van der Waals surface area contributed by atoms with E-state index in [4.69, 9.17) is 9.47 Å². The minimum Gasteiger partial charge on any atom is -0.483 e. The molecule has 220 valence electrons. The third-order valence-corrected chi connectivity index (χ3v) is 7.53. The van der Waals surface area contributed by atoms with Crippen LogP contribution in [0.1, 0.15) is 39.8 Å². The Morgan fingerprint density at radius 2 is 1.71 bits per heavy atom. The molecule has 14 heteroatoms. The molecule has 1 atom stereocenters. The van der Waals surface area contributed by atoms with Gasteiger partial charge in [0.25, 0.3) is 5.91 Å². The monoisotopic (exact) mass is 583 g/mol. The maximum Gasteiger partial charge on any atom is 0.341 e. The molecule has 2 fully saturated rings. The fraction of sp³-hybridized carbons (Fsp3) is 0.393. The van der Waals surface area contributed by atoms with Gasteiger partial charge in [-0.2, -0.15) is 10.2 Å². The summed E-state index contributed by atoms with van der Waals surface area (Å²) in [6.45, 7) is 5.73. The molecule has 1 aromatic carbocycles. The number of urea groups is 1. The van der Waals surface area contributed by atoms with E-state index >= 15 is 0 Å². The van der Waals surface area contributed by atoms with Gasteiger partial charge in [-0.25, -0.2) is 32.6 Å². The number of rotatable bonds is 5. The highest BCUT2D eigenvalue weighted by Crippen LogP contribution is 2.32. The number of pyridine rings is 1. The number of amides is 3. The van der Waals surface area contributed by atoms with E-state index in [1.54, 1.807) is 18.7 Å². The summed E-state index contributed by atoms with van der Waals surface area (Å²) >= 11 is 0. The van der Waals surface area contributed by atoms with Crippen molar-refractivity contribution >= 4 is 18.2 Å². The lowest BCUT2D eigenvalue weighted by atomic mass is 10.0. The fourth-order valence-corrected chi connectivity index (χ4v) is 5.35. The Bertz CT molecular complexity index is 1550. The maximum absolute atomic E-state index is 14.7. The van der Waals surface area contributed by atoms with Crippen molar-refractivity contribution in [1.82, 2.24) is 29.6 Å².